The van der Waals surface area contributed by atoms with E-state index in [-0.39, 0.29) is 23.0 Å². The van der Waals surface area contributed by atoms with Crippen molar-refractivity contribution in [1.82, 2.24) is 5.32 Å². The molecule has 0 spiro atoms. The fourth-order valence-corrected chi connectivity index (χ4v) is 3.35. The van der Waals surface area contributed by atoms with Gasteiger partial charge in [-0.2, -0.15) is 0 Å². The molecular formula is C19H20ClFN2O. The number of hydrogen-bond donors (Lipinski definition) is 2. The van der Waals surface area contributed by atoms with Crippen molar-refractivity contribution in [3.8, 4) is 0 Å². The molecule has 5 heteroatoms. The molecule has 3 rings (SSSR count). The van der Waals surface area contributed by atoms with Crippen LogP contribution in [0.5, 0.6) is 0 Å². The van der Waals surface area contributed by atoms with Gasteiger partial charge in [-0.25, -0.2) is 4.39 Å². The second-order valence-corrected chi connectivity index (χ2v) is 6.55. The molecular weight excluding hydrogens is 327 g/mol. The molecule has 24 heavy (non-hydrogen) atoms. The van der Waals surface area contributed by atoms with E-state index in [0.717, 1.165) is 19.3 Å². The highest BCUT2D eigenvalue weighted by Crippen LogP contribution is 2.30. The lowest BCUT2D eigenvalue weighted by atomic mass is 9.87. The summed E-state index contributed by atoms with van der Waals surface area (Å²) in [5, 5.41) is 6.34. The molecule has 2 N–H and O–H groups in total. The molecule has 0 radical (unpaired) electrons. The lowest BCUT2D eigenvalue weighted by molar-refractivity contribution is -0.118. The first-order valence-electron chi connectivity index (χ1n) is 8.14. The van der Waals surface area contributed by atoms with Gasteiger partial charge in [0.1, 0.15) is 5.82 Å². The van der Waals surface area contributed by atoms with Gasteiger partial charge >= 0.3 is 0 Å². The standard InChI is InChI=1S/C19H20ClFN2O/c1-12(19(24)23-18-10-9-14(21)11-16(18)20)22-17-8-4-6-13-5-2-3-7-15(13)17/h2-3,5,7,9-12,17,22H,4,6,8H2,1H3,(H,23,24)/t12-,17-/m1/s1. The number of nitrogens with one attached hydrogen (secondary N) is 2. The van der Waals surface area contributed by atoms with E-state index in [1.807, 2.05) is 19.1 Å². The predicted molar refractivity (Wildman–Crippen MR) is 94.8 cm³/mol. The van der Waals surface area contributed by atoms with Crippen molar-refractivity contribution in [3.63, 3.8) is 0 Å². The van der Waals surface area contributed by atoms with Crippen LogP contribution in [0.15, 0.2) is 42.5 Å². The fourth-order valence-electron chi connectivity index (χ4n) is 3.14. The van der Waals surface area contributed by atoms with Crippen molar-refractivity contribution in [2.45, 2.75) is 38.3 Å². The molecule has 0 unspecified atom stereocenters. The van der Waals surface area contributed by atoms with Crippen LogP contribution in [-0.2, 0) is 11.2 Å². The molecule has 0 saturated carbocycles. The minimum Gasteiger partial charge on any atom is -0.323 e. The van der Waals surface area contributed by atoms with Gasteiger partial charge in [-0.15, -0.1) is 0 Å². The van der Waals surface area contributed by atoms with Crippen LogP contribution in [-0.4, -0.2) is 11.9 Å². The zero-order chi connectivity index (χ0) is 17.1. The number of rotatable bonds is 4. The Morgan fingerprint density at radius 2 is 2.08 bits per heavy atom. The third kappa shape index (κ3) is 3.77. The summed E-state index contributed by atoms with van der Waals surface area (Å²) in [5.41, 5.74) is 3.03. The average Bonchev–Trinajstić information content (AvgIpc) is 2.57. The van der Waals surface area contributed by atoms with Crippen molar-refractivity contribution >= 4 is 23.2 Å². The summed E-state index contributed by atoms with van der Waals surface area (Å²) < 4.78 is 13.1. The van der Waals surface area contributed by atoms with Gasteiger partial charge in [0.05, 0.1) is 16.8 Å². The Bertz CT molecular complexity index is 750. The van der Waals surface area contributed by atoms with Gasteiger partial charge in [-0.3, -0.25) is 10.1 Å². The van der Waals surface area contributed by atoms with Crippen LogP contribution in [0.2, 0.25) is 5.02 Å². The smallest absolute Gasteiger partial charge is 0.241 e. The first-order valence-corrected chi connectivity index (χ1v) is 8.52. The molecule has 3 nitrogen and oxygen atoms in total. The molecule has 126 valence electrons. The molecule has 0 saturated heterocycles. The molecule has 2 aromatic rings. The van der Waals surface area contributed by atoms with E-state index in [2.05, 4.69) is 22.8 Å². The Morgan fingerprint density at radius 1 is 1.29 bits per heavy atom. The number of aryl methyl sites for hydroxylation is 1. The maximum Gasteiger partial charge on any atom is 0.241 e. The largest absolute Gasteiger partial charge is 0.323 e. The lowest BCUT2D eigenvalue weighted by Crippen LogP contribution is -2.41. The summed E-state index contributed by atoms with van der Waals surface area (Å²) >= 11 is 5.96. The second-order valence-electron chi connectivity index (χ2n) is 6.15. The molecule has 1 aliphatic carbocycles. The van der Waals surface area contributed by atoms with Crippen LogP contribution in [0.4, 0.5) is 10.1 Å². The molecule has 0 fully saturated rings. The zero-order valence-electron chi connectivity index (χ0n) is 13.5. The summed E-state index contributed by atoms with van der Waals surface area (Å²) in [4.78, 5) is 12.4. The van der Waals surface area contributed by atoms with E-state index < -0.39 is 5.82 Å². The van der Waals surface area contributed by atoms with Gasteiger partial charge < -0.3 is 5.32 Å². The van der Waals surface area contributed by atoms with Gasteiger partial charge in [-0.05, 0) is 55.5 Å². The molecule has 0 aliphatic heterocycles. The monoisotopic (exact) mass is 346 g/mol. The highest BCUT2D eigenvalue weighted by molar-refractivity contribution is 6.33. The fraction of sp³-hybridized carbons (Fsp3) is 0.316. The number of halogens is 2. The quantitative estimate of drug-likeness (QED) is 0.857. The number of benzene rings is 2. The van der Waals surface area contributed by atoms with Crippen LogP contribution in [0.1, 0.15) is 36.9 Å². The third-order valence-corrected chi connectivity index (χ3v) is 4.72. The maximum absolute atomic E-state index is 13.1. The lowest BCUT2D eigenvalue weighted by Gasteiger charge is -2.29. The van der Waals surface area contributed by atoms with E-state index in [1.165, 1.54) is 29.3 Å². The van der Waals surface area contributed by atoms with E-state index in [4.69, 9.17) is 11.6 Å². The Morgan fingerprint density at radius 3 is 2.88 bits per heavy atom. The maximum atomic E-state index is 13.1. The van der Waals surface area contributed by atoms with E-state index in [9.17, 15) is 9.18 Å². The normalized spacial score (nSPS) is 17.9. The van der Waals surface area contributed by atoms with Crippen molar-refractivity contribution in [1.29, 1.82) is 0 Å². The number of carbonyl (C=O) groups excluding carboxylic acids is 1. The predicted octanol–water partition coefficient (Wildman–Crippen LogP) is 4.47. The van der Waals surface area contributed by atoms with E-state index in [0.29, 0.717) is 5.69 Å². The minimum atomic E-state index is -0.428. The van der Waals surface area contributed by atoms with E-state index >= 15 is 0 Å². The summed E-state index contributed by atoms with van der Waals surface area (Å²) in [6, 6.07) is 12.1. The molecule has 2 atom stereocenters. The topological polar surface area (TPSA) is 41.1 Å². The third-order valence-electron chi connectivity index (χ3n) is 4.40. The van der Waals surface area contributed by atoms with Crippen LogP contribution < -0.4 is 10.6 Å². The number of amides is 1. The van der Waals surface area contributed by atoms with Gasteiger partial charge in [0.25, 0.3) is 0 Å². The van der Waals surface area contributed by atoms with Crippen molar-refractivity contribution in [2.75, 3.05) is 5.32 Å². The minimum absolute atomic E-state index is 0.166. The van der Waals surface area contributed by atoms with Crippen molar-refractivity contribution in [2.24, 2.45) is 0 Å². The van der Waals surface area contributed by atoms with Gasteiger partial charge in [0.15, 0.2) is 0 Å². The number of carbonyl (C=O) groups is 1. The van der Waals surface area contributed by atoms with E-state index in [1.54, 1.807) is 0 Å². The highest BCUT2D eigenvalue weighted by Gasteiger charge is 2.24. The molecule has 0 heterocycles. The Balaban J connectivity index is 1.67. The Labute approximate surface area is 146 Å². The van der Waals surface area contributed by atoms with Crippen molar-refractivity contribution < 1.29 is 9.18 Å². The van der Waals surface area contributed by atoms with Crippen LogP contribution >= 0.6 is 11.6 Å². The number of fused-ring (bicyclic) bond motifs is 1. The SMILES string of the molecule is C[C@@H](N[C@@H]1CCCc2ccccc21)C(=O)Nc1ccc(F)cc1Cl. The molecule has 2 aromatic carbocycles. The molecule has 1 amide bonds. The van der Waals surface area contributed by atoms with Crippen molar-refractivity contribution in [3.05, 3.63) is 64.4 Å². The van der Waals surface area contributed by atoms with Crippen LogP contribution in [0.25, 0.3) is 0 Å². The second kappa shape index (κ2) is 7.32. The molecule has 0 aromatic heterocycles. The Hall–Kier alpha value is -1.91. The van der Waals surface area contributed by atoms with Crippen LogP contribution in [0, 0.1) is 5.82 Å². The summed E-state index contributed by atoms with van der Waals surface area (Å²) in [6.45, 7) is 1.82. The van der Waals surface area contributed by atoms with Gasteiger partial charge in [-0.1, -0.05) is 35.9 Å². The van der Waals surface area contributed by atoms with Gasteiger partial charge in [0, 0.05) is 6.04 Å². The number of hydrogen-bond acceptors (Lipinski definition) is 2. The summed E-state index contributed by atoms with van der Waals surface area (Å²) in [6.07, 6.45) is 3.19. The summed E-state index contributed by atoms with van der Waals surface area (Å²) in [7, 11) is 0. The zero-order valence-corrected chi connectivity index (χ0v) is 14.2. The Kier molecular flexibility index (Phi) is 5.17. The van der Waals surface area contributed by atoms with Crippen LogP contribution in [0.3, 0.4) is 0 Å². The van der Waals surface area contributed by atoms with Gasteiger partial charge in [0.2, 0.25) is 5.91 Å². The molecule has 0 bridgehead atoms. The first kappa shape index (κ1) is 16.9. The first-order chi connectivity index (χ1) is 11.5. The highest BCUT2D eigenvalue weighted by atomic mass is 35.5. The number of anilines is 1. The summed E-state index contributed by atoms with van der Waals surface area (Å²) in [5.74, 6) is -0.616. The molecule has 1 aliphatic rings. The average molecular weight is 347 g/mol.